The second-order valence-corrected chi connectivity index (χ2v) is 5.86. The van der Waals surface area contributed by atoms with Crippen molar-refractivity contribution in [3.8, 4) is 0 Å². The van der Waals surface area contributed by atoms with Crippen molar-refractivity contribution >= 4 is 11.6 Å². The Morgan fingerprint density at radius 2 is 1.95 bits per heavy atom. The molecule has 104 valence electrons. The first-order chi connectivity index (χ1) is 9.04. The van der Waals surface area contributed by atoms with E-state index in [9.17, 15) is 4.79 Å². The first kappa shape index (κ1) is 14.1. The summed E-state index contributed by atoms with van der Waals surface area (Å²) >= 11 is 0. The highest BCUT2D eigenvalue weighted by atomic mass is 16.2. The monoisotopic (exact) mass is 260 g/mol. The van der Waals surface area contributed by atoms with E-state index in [1.807, 2.05) is 38.1 Å². The van der Waals surface area contributed by atoms with Crippen LogP contribution in [0, 0.1) is 12.8 Å². The van der Waals surface area contributed by atoms with E-state index in [2.05, 4.69) is 17.6 Å². The van der Waals surface area contributed by atoms with Gasteiger partial charge >= 0.3 is 0 Å². The zero-order chi connectivity index (χ0) is 13.8. The molecule has 0 saturated heterocycles. The summed E-state index contributed by atoms with van der Waals surface area (Å²) in [6, 6.07) is 8.25. The van der Waals surface area contributed by atoms with Crippen LogP contribution in [0.1, 0.15) is 38.7 Å². The topological polar surface area (TPSA) is 41.1 Å². The van der Waals surface area contributed by atoms with Crippen LogP contribution in [0.15, 0.2) is 24.3 Å². The molecule has 1 aromatic carbocycles. The molecule has 19 heavy (non-hydrogen) atoms. The van der Waals surface area contributed by atoms with E-state index in [1.165, 1.54) is 24.8 Å². The molecule has 3 nitrogen and oxygen atoms in total. The van der Waals surface area contributed by atoms with Crippen molar-refractivity contribution < 1.29 is 4.79 Å². The number of carbonyl (C=O) groups is 1. The lowest BCUT2D eigenvalue weighted by atomic mass is 10.1. The van der Waals surface area contributed by atoms with Crippen LogP contribution in [0.2, 0.25) is 0 Å². The predicted octanol–water partition coefficient (Wildman–Crippen LogP) is 3.10. The summed E-state index contributed by atoms with van der Waals surface area (Å²) in [4.78, 5) is 12.1. The number of hydrogen-bond donors (Lipinski definition) is 2. The summed E-state index contributed by atoms with van der Waals surface area (Å²) in [6.45, 7) is 6.25. The molecule has 1 aromatic rings. The zero-order valence-corrected chi connectivity index (χ0v) is 12.1. The minimum absolute atomic E-state index is 0.0448. The molecule has 3 atom stereocenters. The maximum absolute atomic E-state index is 12.1. The fourth-order valence-corrected chi connectivity index (χ4v) is 2.68. The summed E-state index contributed by atoms with van der Waals surface area (Å²) in [5.74, 6) is 0.827. The molecule has 0 aromatic heterocycles. The minimum Gasteiger partial charge on any atom is -0.325 e. The third-order valence-electron chi connectivity index (χ3n) is 3.89. The fraction of sp³-hybridized carbons (Fsp3) is 0.562. The largest absolute Gasteiger partial charge is 0.325 e. The van der Waals surface area contributed by atoms with E-state index < -0.39 is 0 Å². The molecule has 1 aliphatic carbocycles. The molecular formula is C16H24N2O. The Morgan fingerprint density at radius 1 is 1.26 bits per heavy atom. The Bertz CT molecular complexity index is 427. The van der Waals surface area contributed by atoms with Gasteiger partial charge in [-0.15, -0.1) is 0 Å². The van der Waals surface area contributed by atoms with Gasteiger partial charge in [-0.1, -0.05) is 24.6 Å². The Balaban J connectivity index is 1.83. The summed E-state index contributed by atoms with van der Waals surface area (Å²) in [5, 5.41) is 6.38. The lowest BCUT2D eigenvalue weighted by Gasteiger charge is -2.19. The Hall–Kier alpha value is -1.35. The molecule has 3 unspecified atom stereocenters. The van der Waals surface area contributed by atoms with E-state index in [1.54, 1.807) is 0 Å². The standard InChI is InChI=1S/C16H24N2O/c1-11-4-7-14(8-5-11)18-16(19)13(3)17-15-9-6-12(2)10-15/h4-5,7-8,12-13,15,17H,6,9-10H2,1-3H3,(H,18,19). The van der Waals surface area contributed by atoms with Crippen LogP contribution in [-0.4, -0.2) is 18.0 Å². The van der Waals surface area contributed by atoms with Gasteiger partial charge in [-0.2, -0.15) is 0 Å². The van der Waals surface area contributed by atoms with Crippen LogP contribution in [0.3, 0.4) is 0 Å². The molecule has 0 radical (unpaired) electrons. The molecule has 2 rings (SSSR count). The maximum atomic E-state index is 12.1. The molecular weight excluding hydrogens is 236 g/mol. The summed E-state index contributed by atoms with van der Waals surface area (Å²) < 4.78 is 0. The lowest BCUT2D eigenvalue weighted by molar-refractivity contribution is -0.117. The van der Waals surface area contributed by atoms with Crippen molar-refractivity contribution in [1.82, 2.24) is 5.32 Å². The quantitative estimate of drug-likeness (QED) is 0.873. The second kappa shape index (κ2) is 6.20. The minimum atomic E-state index is -0.142. The van der Waals surface area contributed by atoms with Crippen molar-refractivity contribution in [2.45, 2.75) is 52.1 Å². The van der Waals surface area contributed by atoms with E-state index >= 15 is 0 Å². The molecule has 2 N–H and O–H groups in total. The van der Waals surface area contributed by atoms with Crippen LogP contribution >= 0.6 is 0 Å². The highest BCUT2D eigenvalue weighted by Crippen LogP contribution is 2.24. The van der Waals surface area contributed by atoms with Gasteiger partial charge in [0.25, 0.3) is 0 Å². The first-order valence-corrected chi connectivity index (χ1v) is 7.18. The van der Waals surface area contributed by atoms with Crippen molar-refractivity contribution in [1.29, 1.82) is 0 Å². The third-order valence-corrected chi connectivity index (χ3v) is 3.89. The zero-order valence-electron chi connectivity index (χ0n) is 12.1. The Morgan fingerprint density at radius 3 is 2.53 bits per heavy atom. The predicted molar refractivity (Wildman–Crippen MR) is 79.2 cm³/mol. The number of anilines is 1. The van der Waals surface area contributed by atoms with Crippen molar-refractivity contribution in [3.05, 3.63) is 29.8 Å². The molecule has 0 heterocycles. The van der Waals surface area contributed by atoms with Crippen LogP contribution in [0.25, 0.3) is 0 Å². The normalized spacial score (nSPS) is 24.2. The van der Waals surface area contributed by atoms with E-state index in [4.69, 9.17) is 0 Å². The molecule has 0 aliphatic heterocycles. The van der Waals surface area contributed by atoms with Gasteiger partial charge in [0.05, 0.1) is 6.04 Å². The number of benzene rings is 1. The molecule has 0 bridgehead atoms. The van der Waals surface area contributed by atoms with Gasteiger partial charge in [-0.3, -0.25) is 4.79 Å². The van der Waals surface area contributed by atoms with E-state index in [0.717, 1.165) is 11.6 Å². The summed E-state index contributed by atoms with van der Waals surface area (Å²) in [5.41, 5.74) is 2.06. The first-order valence-electron chi connectivity index (χ1n) is 7.18. The third kappa shape index (κ3) is 4.06. The average Bonchev–Trinajstić information content (AvgIpc) is 2.77. The number of rotatable bonds is 4. The SMILES string of the molecule is Cc1ccc(NC(=O)C(C)NC2CCC(C)C2)cc1. The number of aryl methyl sites for hydroxylation is 1. The van der Waals surface area contributed by atoms with Gasteiger partial charge in [0, 0.05) is 11.7 Å². The van der Waals surface area contributed by atoms with Gasteiger partial charge in [0.15, 0.2) is 0 Å². The Labute approximate surface area is 115 Å². The van der Waals surface area contributed by atoms with Crippen molar-refractivity contribution in [2.24, 2.45) is 5.92 Å². The van der Waals surface area contributed by atoms with Gasteiger partial charge in [-0.05, 0) is 51.2 Å². The smallest absolute Gasteiger partial charge is 0.241 e. The highest BCUT2D eigenvalue weighted by molar-refractivity contribution is 5.94. The number of nitrogens with one attached hydrogen (secondary N) is 2. The van der Waals surface area contributed by atoms with Crippen LogP contribution in [0.4, 0.5) is 5.69 Å². The van der Waals surface area contributed by atoms with Crippen LogP contribution in [0.5, 0.6) is 0 Å². The van der Waals surface area contributed by atoms with Gasteiger partial charge in [-0.25, -0.2) is 0 Å². The lowest BCUT2D eigenvalue weighted by Crippen LogP contribution is -2.43. The van der Waals surface area contributed by atoms with Crippen LogP contribution in [-0.2, 0) is 4.79 Å². The van der Waals surface area contributed by atoms with Gasteiger partial charge in [0.2, 0.25) is 5.91 Å². The summed E-state index contributed by atoms with van der Waals surface area (Å²) in [6.07, 6.45) is 3.63. The number of hydrogen-bond acceptors (Lipinski definition) is 2. The molecule has 3 heteroatoms. The molecule has 1 saturated carbocycles. The van der Waals surface area contributed by atoms with Crippen molar-refractivity contribution in [3.63, 3.8) is 0 Å². The molecule has 0 spiro atoms. The number of amides is 1. The van der Waals surface area contributed by atoms with Gasteiger partial charge in [0.1, 0.15) is 0 Å². The Kier molecular flexibility index (Phi) is 4.59. The van der Waals surface area contributed by atoms with E-state index in [0.29, 0.717) is 6.04 Å². The fourth-order valence-electron chi connectivity index (χ4n) is 2.68. The molecule has 1 aliphatic rings. The van der Waals surface area contributed by atoms with E-state index in [-0.39, 0.29) is 11.9 Å². The highest BCUT2D eigenvalue weighted by Gasteiger charge is 2.24. The number of carbonyl (C=O) groups excluding carboxylic acids is 1. The maximum Gasteiger partial charge on any atom is 0.241 e. The molecule has 1 fully saturated rings. The van der Waals surface area contributed by atoms with Gasteiger partial charge < -0.3 is 10.6 Å². The van der Waals surface area contributed by atoms with Crippen LogP contribution < -0.4 is 10.6 Å². The van der Waals surface area contributed by atoms with Crippen molar-refractivity contribution in [2.75, 3.05) is 5.32 Å². The summed E-state index contributed by atoms with van der Waals surface area (Å²) in [7, 11) is 0. The molecule has 1 amide bonds. The second-order valence-electron chi connectivity index (χ2n) is 5.86. The average molecular weight is 260 g/mol.